The minimum atomic E-state index is -3.62. The number of hydrogen-bond acceptors (Lipinski definition) is 3. The van der Waals surface area contributed by atoms with Gasteiger partial charge in [0.25, 0.3) is 0 Å². The molecule has 1 saturated carbocycles. The minimum absolute atomic E-state index is 0.106. The number of carbonyl (C=O) groups excluding carboxylic acids is 1. The predicted molar refractivity (Wildman–Crippen MR) is 91.3 cm³/mol. The van der Waals surface area contributed by atoms with Gasteiger partial charge >= 0.3 is 0 Å². The zero-order valence-electron chi connectivity index (χ0n) is 14.0. The van der Waals surface area contributed by atoms with Gasteiger partial charge in [0.2, 0.25) is 15.9 Å². The van der Waals surface area contributed by atoms with Crippen LogP contribution in [-0.4, -0.2) is 37.5 Å². The van der Waals surface area contributed by atoms with Crippen molar-refractivity contribution in [2.75, 3.05) is 12.8 Å². The molecular formula is C17H25FN2O3S. The van der Waals surface area contributed by atoms with Gasteiger partial charge in [-0.15, -0.1) is 0 Å². The number of hydrogen-bond donors (Lipinski definition) is 1. The fourth-order valence-electron chi connectivity index (χ4n) is 2.96. The molecule has 0 atom stereocenters. The summed E-state index contributed by atoms with van der Waals surface area (Å²) in [4.78, 5) is 12.2. The third-order valence-electron chi connectivity index (χ3n) is 4.31. The van der Waals surface area contributed by atoms with Gasteiger partial charge in [-0.3, -0.25) is 4.79 Å². The van der Waals surface area contributed by atoms with Crippen LogP contribution in [0.3, 0.4) is 0 Å². The molecule has 1 N–H and O–H groups in total. The van der Waals surface area contributed by atoms with E-state index in [1.54, 1.807) is 12.1 Å². The van der Waals surface area contributed by atoms with Crippen molar-refractivity contribution in [1.82, 2.24) is 9.62 Å². The van der Waals surface area contributed by atoms with Crippen molar-refractivity contribution in [3.8, 4) is 0 Å². The van der Waals surface area contributed by atoms with Crippen LogP contribution in [0.25, 0.3) is 0 Å². The fraction of sp³-hybridized carbons (Fsp3) is 0.588. The topological polar surface area (TPSA) is 66.5 Å². The van der Waals surface area contributed by atoms with Gasteiger partial charge in [0, 0.05) is 18.2 Å². The highest BCUT2D eigenvalue weighted by atomic mass is 32.2. The normalized spacial score (nSPS) is 16.8. The molecule has 1 aromatic rings. The number of halogens is 1. The zero-order valence-corrected chi connectivity index (χ0v) is 14.8. The van der Waals surface area contributed by atoms with E-state index in [2.05, 4.69) is 5.32 Å². The van der Waals surface area contributed by atoms with Gasteiger partial charge in [-0.2, -0.15) is 4.31 Å². The predicted octanol–water partition coefficient (Wildman–Crippen LogP) is 2.43. The van der Waals surface area contributed by atoms with E-state index in [1.165, 1.54) is 25.0 Å². The smallest absolute Gasteiger partial charge is 0.235 e. The van der Waals surface area contributed by atoms with E-state index in [0.717, 1.165) is 36.2 Å². The molecule has 0 heterocycles. The first-order valence-electron chi connectivity index (χ1n) is 8.34. The Morgan fingerprint density at radius 3 is 2.42 bits per heavy atom. The number of nitrogens with one attached hydrogen (secondary N) is 1. The van der Waals surface area contributed by atoms with Gasteiger partial charge in [0.15, 0.2) is 0 Å². The van der Waals surface area contributed by atoms with Crippen molar-refractivity contribution in [3.63, 3.8) is 0 Å². The van der Waals surface area contributed by atoms with Crippen molar-refractivity contribution in [1.29, 1.82) is 0 Å². The summed E-state index contributed by atoms with van der Waals surface area (Å²) in [6, 6.07) is 6.10. The molecule has 0 bridgehead atoms. The largest absolute Gasteiger partial charge is 0.352 e. The molecule has 1 amide bonds. The first-order valence-corrected chi connectivity index (χ1v) is 10.2. The third kappa shape index (κ3) is 5.87. The summed E-state index contributed by atoms with van der Waals surface area (Å²) in [7, 11) is -3.62. The maximum absolute atomic E-state index is 13.8. The second-order valence-electron chi connectivity index (χ2n) is 6.38. The van der Waals surface area contributed by atoms with E-state index < -0.39 is 15.8 Å². The molecule has 1 aliphatic rings. The zero-order chi connectivity index (χ0) is 17.6. The van der Waals surface area contributed by atoms with Crippen LogP contribution in [-0.2, 0) is 21.4 Å². The van der Waals surface area contributed by atoms with Crippen LogP contribution in [0.4, 0.5) is 4.39 Å². The Labute approximate surface area is 143 Å². The van der Waals surface area contributed by atoms with Gasteiger partial charge in [0.1, 0.15) is 5.82 Å². The molecular weight excluding hydrogens is 331 g/mol. The Kier molecular flexibility index (Phi) is 6.74. The SMILES string of the molecule is CS(=O)(=O)N(CC(=O)NC1CCCCCC1)Cc1ccccc1F. The van der Waals surface area contributed by atoms with Gasteiger partial charge in [-0.25, -0.2) is 12.8 Å². The van der Waals surface area contributed by atoms with E-state index in [0.29, 0.717) is 0 Å². The van der Waals surface area contributed by atoms with Crippen LogP contribution in [0.5, 0.6) is 0 Å². The first-order chi connectivity index (χ1) is 11.4. The summed E-state index contributed by atoms with van der Waals surface area (Å²) in [5.41, 5.74) is 0.255. The average Bonchev–Trinajstić information content (AvgIpc) is 2.76. The number of carbonyl (C=O) groups is 1. The van der Waals surface area contributed by atoms with E-state index in [4.69, 9.17) is 0 Å². The highest BCUT2D eigenvalue weighted by Gasteiger charge is 2.23. The summed E-state index contributed by atoms with van der Waals surface area (Å²) in [6.07, 6.45) is 7.40. The molecule has 1 aliphatic carbocycles. The Morgan fingerprint density at radius 2 is 1.83 bits per heavy atom. The molecule has 7 heteroatoms. The molecule has 5 nitrogen and oxygen atoms in total. The maximum Gasteiger partial charge on any atom is 0.235 e. The number of nitrogens with zero attached hydrogens (tertiary/aromatic N) is 1. The van der Waals surface area contributed by atoms with Crippen LogP contribution < -0.4 is 5.32 Å². The van der Waals surface area contributed by atoms with Crippen molar-refractivity contribution < 1.29 is 17.6 Å². The van der Waals surface area contributed by atoms with Gasteiger partial charge in [0.05, 0.1) is 12.8 Å². The number of amides is 1. The lowest BCUT2D eigenvalue weighted by Gasteiger charge is -2.22. The number of sulfonamides is 1. The molecule has 0 saturated heterocycles. The fourth-order valence-corrected chi connectivity index (χ4v) is 3.69. The molecule has 2 rings (SSSR count). The summed E-state index contributed by atoms with van der Waals surface area (Å²) in [5, 5.41) is 2.92. The van der Waals surface area contributed by atoms with Crippen molar-refractivity contribution in [2.45, 2.75) is 51.1 Å². The van der Waals surface area contributed by atoms with E-state index >= 15 is 0 Å². The molecule has 0 spiro atoms. The van der Waals surface area contributed by atoms with E-state index in [9.17, 15) is 17.6 Å². The lowest BCUT2D eigenvalue weighted by Crippen LogP contribution is -2.43. The van der Waals surface area contributed by atoms with E-state index in [1.807, 2.05) is 0 Å². The first kappa shape index (κ1) is 18.9. The summed E-state index contributed by atoms with van der Waals surface area (Å²) >= 11 is 0. The third-order valence-corrected chi connectivity index (χ3v) is 5.51. The van der Waals surface area contributed by atoms with Crippen LogP contribution in [0.15, 0.2) is 24.3 Å². The van der Waals surface area contributed by atoms with Crippen LogP contribution in [0.2, 0.25) is 0 Å². The van der Waals surface area contributed by atoms with Crippen LogP contribution in [0, 0.1) is 5.82 Å². The summed E-state index contributed by atoms with van der Waals surface area (Å²) in [5.74, 6) is -0.806. The van der Waals surface area contributed by atoms with Gasteiger partial charge < -0.3 is 5.32 Å². The molecule has 1 aromatic carbocycles. The second-order valence-corrected chi connectivity index (χ2v) is 8.36. The van der Waals surface area contributed by atoms with Crippen molar-refractivity contribution in [2.24, 2.45) is 0 Å². The summed E-state index contributed by atoms with van der Waals surface area (Å²) in [6.45, 7) is -0.437. The molecule has 0 aliphatic heterocycles. The Balaban J connectivity index is 2.00. The lowest BCUT2D eigenvalue weighted by atomic mass is 10.1. The number of rotatable bonds is 6. The monoisotopic (exact) mass is 356 g/mol. The molecule has 0 aromatic heterocycles. The highest BCUT2D eigenvalue weighted by Crippen LogP contribution is 2.17. The highest BCUT2D eigenvalue weighted by molar-refractivity contribution is 7.88. The minimum Gasteiger partial charge on any atom is -0.352 e. The molecule has 1 fully saturated rings. The summed E-state index contributed by atoms with van der Waals surface area (Å²) < 4.78 is 38.7. The Bertz CT molecular complexity index is 656. The van der Waals surface area contributed by atoms with Gasteiger partial charge in [-0.1, -0.05) is 43.9 Å². The van der Waals surface area contributed by atoms with Crippen molar-refractivity contribution >= 4 is 15.9 Å². The van der Waals surface area contributed by atoms with E-state index in [-0.39, 0.29) is 30.6 Å². The molecule has 0 unspecified atom stereocenters. The van der Waals surface area contributed by atoms with Crippen LogP contribution >= 0.6 is 0 Å². The Hall–Kier alpha value is -1.47. The quantitative estimate of drug-likeness (QED) is 0.796. The lowest BCUT2D eigenvalue weighted by molar-refractivity contribution is -0.122. The molecule has 24 heavy (non-hydrogen) atoms. The van der Waals surface area contributed by atoms with Crippen molar-refractivity contribution in [3.05, 3.63) is 35.6 Å². The molecule has 0 radical (unpaired) electrons. The molecule has 134 valence electrons. The Morgan fingerprint density at radius 1 is 1.21 bits per heavy atom. The number of benzene rings is 1. The average molecular weight is 356 g/mol. The standard InChI is InChI=1S/C17H25FN2O3S/c1-24(22,23)20(12-14-8-6-7-11-16(14)18)13-17(21)19-15-9-4-2-3-5-10-15/h6-8,11,15H,2-5,9-10,12-13H2,1H3,(H,19,21). The van der Waals surface area contributed by atoms with Gasteiger partial charge in [-0.05, 0) is 18.9 Å². The second kappa shape index (κ2) is 8.58. The maximum atomic E-state index is 13.8. The van der Waals surface area contributed by atoms with Crippen LogP contribution in [0.1, 0.15) is 44.1 Å².